The molecule has 1 aliphatic heterocycles. The second-order valence-corrected chi connectivity index (χ2v) is 13.9. The lowest BCUT2D eigenvalue weighted by Crippen LogP contribution is -2.30. The zero-order chi connectivity index (χ0) is 36.6. The van der Waals surface area contributed by atoms with Gasteiger partial charge in [-0.3, -0.25) is 14.4 Å². The Morgan fingerprint density at radius 3 is 2.11 bits per heavy atom. The van der Waals surface area contributed by atoms with Gasteiger partial charge in [0, 0.05) is 44.0 Å². The number of hydrogen-bond donors (Lipinski definition) is 3. The molecule has 7 rings (SSSR count). The van der Waals surface area contributed by atoms with Crippen LogP contribution in [0, 0.1) is 0 Å². The summed E-state index contributed by atoms with van der Waals surface area (Å²) < 4.78 is 18.3. The van der Waals surface area contributed by atoms with Crippen LogP contribution in [0.1, 0.15) is 26.9 Å². The van der Waals surface area contributed by atoms with Gasteiger partial charge in [-0.05, 0) is 78.4 Å². The third kappa shape index (κ3) is 9.07. The highest BCUT2D eigenvalue weighted by Crippen LogP contribution is 2.38. The zero-order valence-corrected chi connectivity index (χ0v) is 30.5. The molecule has 264 valence electrons. The van der Waals surface area contributed by atoms with E-state index < -0.39 is 17.1 Å². The number of carbonyl (C=O) groups is 3. The minimum atomic E-state index is -0.580. The Hall–Kier alpha value is -6.04. The number of carbonyl (C=O) groups excluding carboxylic acids is 3. The molecule has 3 amide bonds. The number of furan rings is 1. The predicted molar refractivity (Wildman–Crippen MR) is 210 cm³/mol. The van der Waals surface area contributed by atoms with E-state index in [0.717, 1.165) is 20.5 Å². The van der Waals surface area contributed by atoms with Crippen LogP contribution >= 0.6 is 27.7 Å². The highest BCUT2D eigenvalue weighted by molar-refractivity contribution is 9.10. The lowest BCUT2D eigenvalue weighted by atomic mass is 10.1. The molecule has 0 saturated heterocycles. The Kier molecular flexibility index (Phi) is 11.0. The van der Waals surface area contributed by atoms with Crippen LogP contribution < -0.4 is 25.4 Å². The number of benzene rings is 5. The van der Waals surface area contributed by atoms with Crippen LogP contribution in [-0.4, -0.2) is 30.9 Å². The van der Waals surface area contributed by atoms with Gasteiger partial charge in [0.2, 0.25) is 5.91 Å². The molecule has 0 fully saturated rings. The average molecular weight is 787 g/mol. The maximum absolute atomic E-state index is 13.7. The Labute approximate surface area is 318 Å². The summed E-state index contributed by atoms with van der Waals surface area (Å²) in [6.07, 6.45) is 1.49. The summed E-state index contributed by atoms with van der Waals surface area (Å²) >= 11 is 4.82. The summed E-state index contributed by atoms with van der Waals surface area (Å²) in [6.45, 7) is 0.928. The molecule has 9 nitrogen and oxygen atoms in total. The van der Waals surface area contributed by atoms with Gasteiger partial charge in [0.1, 0.15) is 35.7 Å². The predicted octanol–water partition coefficient (Wildman–Crippen LogP) is 9.36. The smallest absolute Gasteiger partial charge is 0.272 e. The standard InChI is InChI=1S/C42H32BrN3O6S/c43-30-13-11-27(12-14-30)36-22-18-33(52-36)26-35(46-40(47)29-9-5-2-6-10-29)41(48)44-31-15-19-34(20-16-31)53-39(28-7-3-1-4-8-28)42(49)45-32-17-21-37-38(25-32)51-24-23-50-37/h1-22,25-26,39H,23-24H2,(H,44,48)(H,45,49)(H,46,47). The van der Waals surface area contributed by atoms with Crippen molar-refractivity contribution in [2.45, 2.75) is 10.1 Å². The van der Waals surface area contributed by atoms with E-state index in [-0.39, 0.29) is 11.6 Å². The van der Waals surface area contributed by atoms with Gasteiger partial charge in [0.05, 0.1) is 0 Å². The van der Waals surface area contributed by atoms with E-state index in [1.807, 2.05) is 72.8 Å². The Morgan fingerprint density at radius 2 is 1.38 bits per heavy atom. The van der Waals surface area contributed by atoms with Crippen LogP contribution in [0.5, 0.6) is 11.5 Å². The average Bonchev–Trinajstić information content (AvgIpc) is 3.66. The molecule has 0 bridgehead atoms. The first kappa shape index (κ1) is 35.4. The summed E-state index contributed by atoms with van der Waals surface area (Å²) in [7, 11) is 0. The zero-order valence-electron chi connectivity index (χ0n) is 28.1. The number of hydrogen-bond acceptors (Lipinski definition) is 7. The second-order valence-electron chi connectivity index (χ2n) is 11.8. The fraction of sp³-hybridized carbons (Fsp3) is 0.0714. The molecule has 6 aromatic rings. The van der Waals surface area contributed by atoms with Crippen LogP contribution in [-0.2, 0) is 9.59 Å². The molecular formula is C42H32BrN3O6S. The monoisotopic (exact) mass is 785 g/mol. The quantitative estimate of drug-likeness (QED) is 0.0885. The van der Waals surface area contributed by atoms with Gasteiger partial charge in [-0.1, -0.05) is 76.6 Å². The summed E-state index contributed by atoms with van der Waals surface area (Å²) in [5.74, 6) is 1.03. The van der Waals surface area contributed by atoms with Crippen molar-refractivity contribution in [1.82, 2.24) is 5.32 Å². The Balaban J connectivity index is 1.08. The molecule has 3 N–H and O–H groups in total. The summed E-state index contributed by atoms with van der Waals surface area (Å²) in [6, 6.07) is 41.8. The van der Waals surface area contributed by atoms with Gasteiger partial charge in [-0.25, -0.2) is 0 Å². The van der Waals surface area contributed by atoms with Crippen molar-refractivity contribution in [2.75, 3.05) is 23.8 Å². The van der Waals surface area contributed by atoms with E-state index in [9.17, 15) is 14.4 Å². The molecule has 0 radical (unpaired) electrons. The van der Waals surface area contributed by atoms with Crippen molar-refractivity contribution in [3.8, 4) is 22.8 Å². The first-order chi connectivity index (χ1) is 25.9. The number of rotatable bonds is 11. The molecule has 0 saturated carbocycles. The van der Waals surface area contributed by atoms with Crippen LogP contribution in [0.2, 0.25) is 0 Å². The van der Waals surface area contributed by atoms with E-state index in [1.54, 1.807) is 66.7 Å². The highest BCUT2D eigenvalue weighted by atomic mass is 79.9. The summed E-state index contributed by atoms with van der Waals surface area (Å²) in [5, 5.41) is 8.06. The third-order valence-corrected chi connectivity index (χ3v) is 9.88. The fourth-order valence-electron chi connectivity index (χ4n) is 5.47. The lowest BCUT2D eigenvalue weighted by Gasteiger charge is -2.20. The van der Waals surface area contributed by atoms with Crippen molar-refractivity contribution in [1.29, 1.82) is 0 Å². The largest absolute Gasteiger partial charge is 0.486 e. The van der Waals surface area contributed by atoms with Gasteiger partial charge in [0.25, 0.3) is 11.8 Å². The van der Waals surface area contributed by atoms with Crippen molar-refractivity contribution < 1.29 is 28.3 Å². The van der Waals surface area contributed by atoms with Crippen LogP contribution in [0.4, 0.5) is 11.4 Å². The molecule has 53 heavy (non-hydrogen) atoms. The molecule has 1 aromatic heterocycles. The summed E-state index contributed by atoms with van der Waals surface area (Å²) in [5.41, 5.74) is 3.17. The van der Waals surface area contributed by atoms with E-state index in [4.69, 9.17) is 13.9 Å². The molecule has 0 aliphatic carbocycles. The maximum Gasteiger partial charge on any atom is 0.272 e. The first-order valence-corrected chi connectivity index (χ1v) is 18.3. The van der Waals surface area contributed by atoms with Gasteiger partial charge < -0.3 is 29.8 Å². The van der Waals surface area contributed by atoms with E-state index in [0.29, 0.717) is 53.2 Å². The van der Waals surface area contributed by atoms with Crippen molar-refractivity contribution >= 4 is 62.9 Å². The fourth-order valence-corrected chi connectivity index (χ4v) is 6.75. The highest BCUT2D eigenvalue weighted by Gasteiger charge is 2.24. The second kappa shape index (κ2) is 16.5. The normalized spacial score (nSPS) is 12.7. The molecule has 5 aromatic carbocycles. The number of amides is 3. The lowest BCUT2D eigenvalue weighted by molar-refractivity contribution is -0.116. The molecule has 1 unspecified atom stereocenters. The van der Waals surface area contributed by atoms with E-state index >= 15 is 0 Å². The first-order valence-electron chi connectivity index (χ1n) is 16.7. The molecule has 1 aliphatic rings. The number of halogens is 1. The Bertz CT molecular complexity index is 2260. The minimum Gasteiger partial charge on any atom is -0.486 e. The maximum atomic E-state index is 13.7. The molecule has 2 heterocycles. The molecular weight excluding hydrogens is 754 g/mol. The van der Waals surface area contributed by atoms with Crippen molar-refractivity contribution in [3.63, 3.8) is 0 Å². The number of ether oxygens (including phenoxy) is 2. The number of fused-ring (bicyclic) bond motifs is 1. The third-order valence-electron chi connectivity index (χ3n) is 8.09. The topological polar surface area (TPSA) is 119 Å². The minimum absolute atomic E-state index is 0.00559. The molecule has 11 heteroatoms. The van der Waals surface area contributed by atoms with Crippen LogP contribution in [0.25, 0.3) is 17.4 Å². The van der Waals surface area contributed by atoms with E-state index in [1.165, 1.54) is 17.8 Å². The van der Waals surface area contributed by atoms with Crippen LogP contribution in [0.15, 0.2) is 159 Å². The number of anilines is 2. The number of nitrogens with one attached hydrogen (secondary N) is 3. The van der Waals surface area contributed by atoms with Gasteiger partial charge in [-0.2, -0.15) is 0 Å². The molecule has 1 atom stereocenters. The van der Waals surface area contributed by atoms with Crippen LogP contribution in [0.3, 0.4) is 0 Å². The summed E-state index contributed by atoms with van der Waals surface area (Å²) in [4.78, 5) is 41.3. The Morgan fingerprint density at radius 1 is 0.698 bits per heavy atom. The molecule has 0 spiro atoms. The van der Waals surface area contributed by atoms with E-state index in [2.05, 4.69) is 31.9 Å². The SMILES string of the molecule is O=C(Nc1ccc(SC(C(=O)Nc2ccc3c(c2)OCCO3)c2ccccc2)cc1)C(=Cc1ccc(-c2ccc(Br)cc2)o1)NC(=O)c1ccccc1. The van der Waals surface area contributed by atoms with Crippen molar-refractivity contribution in [2.24, 2.45) is 0 Å². The van der Waals surface area contributed by atoms with Gasteiger partial charge in [0.15, 0.2) is 11.5 Å². The van der Waals surface area contributed by atoms with Crippen molar-refractivity contribution in [3.05, 3.63) is 167 Å². The van der Waals surface area contributed by atoms with Gasteiger partial charge in [-0.15, -0.1) is 11.8 Å². The number of thioether (sulfide) groups is 1. The van der Waals surface area contributed by atoms with Gasteiger partial charge >= 0.3 is 0 Å².